The third-order valence-electron chi connectivity index (χ3n) is 14.9. The van der Waals surface area contributed by atoms with Crippen molar-refractivity contribution < 1.29 is 29.3 Å². The van der Waals surface area contributed by atoms with Gasteiger partial charge in [0.25, 0.3) is 0 Å². The molecule has 0 fully saturated rings. The average molecular weight is 1010 g/mol. The molecule has 0 bridgehead atoms. The molecule has 0 aliphatic carbocycles. The summed E-state index contributed by atoms with van der Waals surface area (Å²) in [6, 6.07) is 0. The molecule has 0 aromatic heterocycles. The summed E-state index contributed by atoms with van der Waals surface area (Å²) in [7, 11) is 0. The van der Waals surface area contributed by atoms with Crippen molar-refractivity contribution in [3.05, 3.63) is 0 Å². The number of rotatable bonds is 60. The number of esters is 2. The molecule has 0 amide bonds. The van der Waals surface area contributed by atoms with Crippen LogP contribution in [0.25, 0.3) is 0 Å². The van der Waals surface area contributed by atoms with E-state index in [9.17, 15) is 9.59 Å². The first kappa shape index (κ1) is 71.9. The number of hydrogen-bond donors (Lipinski definition) is 2. The SMILES string of the molecule is CCCCCCCCCCCCCCCCCCCCCC(=O)OCC(O)CO.CCCCCCCCCCCCCCCCCCCCCC(=O)OCCCCCCCCCCCCCCCCCC. The first-order valence-corrected chi connectivity index (χ1v) is 32.6. The quantitative estimate of drug-likeness (QED) is 0.0466. The third kappa shape index (κ3) is 68.9. The molecule has 0 aliphatic rings. The number of carbonyl (C=O) groups is 2. The Morgan fingerprint density at radius 2 is 0.465 bits per heavy atom. The Morgan fingerprint density at radius 1 is 0.282 bits per heavy atom. The molecule has 1 atom stereocenters. The summed E-state index contributed by atoms with van der Waals surface area (Å²) in [5.41, 5.74) is 0. The van der Waals surface area contributed by atoms with Crippen molar-refractivity contribution >= 4 is 11.9 Å². The molecule has 1 unspecified atom stereocenters. The Bertz CT molecular complexity index is 971. The van der Waals surface area contributed by atoms with Gasteiger partial charge in [-0.25, -0.2) is 0 Å². The highest BCUT2D eigenvalue weighted by molar-refractivity contribution is 5.69. The molecule has 0 heterocycles. The van der Waals surface area contributed by atoms with Crippen molar-refractivity contribution in [2.75, 3.05) is 19.8 Å². The van der Waals surface area contributed by atoms with Crippen molar-refractivity contribution in [2.45, 2.75) is 386 Å². The van der Waals surface area contributed by atoms with Crippen LogP contribution in [0.4, 0.5) is 0 Å². The van der Waals surface area contributed by atoms with Crippen LogP contribution < -0.4 is 0 Å². The van der Waals surface area contributed by atoms with Gasteiger partial charge in [0.2, 0.25) is 0 Å². The second-order valence-electron chi connectivity index (χ2n) is 22.3. The molecule has 6 heteroatoms. The first-order chi connectivity index (χ1) is 35.0. The van der Waals surface area contributed by atoms with Gasteiger partial charge in [-0.05, 0) is 19.3 Å². The van der Waals surface area contributed by atoms with E-state index < -0.39 is 6.10 Å². The van der Waals surface area contributed by atoms with Crippen LogP contribution >= 0.6 is 0 Å². The number of unbranched alkanes of at least 4 members (excludes halogenated alkanes) is 51. The normalized spacial score (nSPS) is 11.7. The molecule has 0 aromatic rings. The first-order valence-electron chi connectivity index (χ1n) is 32.6. The molecule has 71 heavy (non-hydrogen) atoms. The van der Waals surface area contributed by atoms with Gasteiger partial charge < -0.3 is 19.7 Å². The fourth-order valence-electron chi connectivity index (χ4n) is 9.92. The van der Waals surface area contributed by atoms with Gasteiger partial charge in [0.1, 0.15) is 12.7 Å². The molecule has 0 saturated carbocycles. The summed E-state index contributed by atoms with van der Waals surface area (Å²) in [5, 5.41) is 17.8. The van der Waals surface area contributed by atoms with Crippen molar-refractivity contribution in [1.82, 2.24) is 0 Å². The molecule has 0 saturated heterocycles. The molecule has 0 radical (unpaired) electrons. The van der Waals surface area contributed by atoms with Gasteiger partial charge in [0.15, 0.2) is 0 Å². The van der Waals surface area contributed by atoms with Gasteiger partial charge in [0.05, 0.1) is 13.2 Å². The monoisotopic (exact) mass is 1010 g/mol. The van der Waals surface area contributed by atoms with Crippen LogP contribution in [0.2, 0.25) is 0 Å². The highest BCUT2D eigenvalue weighted by Gasteiger charge is 2.08. The zero-order valence-electron chi connectivity index (χ0n) is 48.8. The lowest BCUT2D eigenvalue weighted by molar-refractivity contribution is -0.147. The van der Waals surface area contributed by atoms with Gasteiger partial charge in [-0.3, -0.25) is 9.59 Å². The number of aliphatic hydroxyl groups is 2. The second-order valence-corrected chi connectivity index (χ2v) is 22.3. The van der Waals surface area contributed by atoms with E-state index in [1.807, 2.05) is 0 Å². The van der Waals surface area contributed by atoms with Crippen LogP contribution in [-0.4, -0.2) is 48.1 Å². The lowest BCUT2D eigenvalue weighted by atomic mass is 10.0. The summed E-state index contributed by atoms with van der Waals surface area (Å²) < 4.78 is 10.3. The molecular formula is C65H130O6. The van der Waals surface area contributed by atoms with E-state index in [0.717, 1.165) is 25.7 Å². The van der Waals surface area contributed by atoms with E-state index in [0.29, 0.717) is 19.4 Å². The summed E-state index contributed by atoms with van der Waals surface area (Å²) in [5.74, 6) is -0.243. The van der Waals surface area contributed by atoms with Gasteiger partial charge in [-0.15, -0.1) is 0 Å². The van der Waals surface area contributed by atoms with Gasteiger partial charge in [-0.1, -0.05) is 348 Å². The van der Waals surface area contributed by atoms with E-state index in [1.165, 1.54) is 321 Å². The predicted octanol–water partition coefficient (Wildman–Crippen LogP) is 21.3. The molecule has 0 spiro atoms. The summed E-state index contributed by atoms with van der Waals surface area (Å²) in [6.45, 7) is 7.03. The fraction of sp³-hybridized carbons (Fsp3) is 0.969. The van der Waals surface area contributed by atoms with E-state index in [-0.39, 0.29) is 25.2 Å². The van der Waals surface area contributed by atoms with Gasteiger partial charge in [0, 0.05) is 12.8 Å². The van der Waals surface area contributed by atoms with E-state index in [2.05, 4.69) is 20.8 Å². The predicted molar refractivity (Wildman–Crippen MR) is 311 cm³/mol. The second kappa shape index (κ2) is 66.9. The highest BCUT2D eigenvalue weighted by Crippen LogP contribution is 2.18. The number of carbonyl (C=O) groups excluding carboxylic acids is 2. The lowest BCUT2D eigenvalue weighted by Gasteiger charge is -2.08. The van der Waals surface area contributed by atoms with Crippen molar-refractivity contribution in [1.29, 1.82) is 0 Å². The number of aliphatic hydroxyl groups excluding tert-OH is 2. The van der Waals surface area contributed by atoms with Crippen LogP contribution in [0.1, 0.15) is 380 Å². The summed E-state index contributed by atoms with van der Waals surface area (Å²) in [6.07, 6.45) is 73.9. The van der Waals surface area contributed by atoms with E-state index in [4.69, 9.17) is 19.7 Å². The minimum absolute atomic E-state index is 0.0305. The molecule has 0 aliphatic heterocycles. The molecule has 0 rings (SSSR count). The minimum Gasteiger partial charge on any atom is -0.466 e. The third-order valence-corrected chi connectivity index (χ3v) is 14.9. The van der Waals surface area contributed by atoms with Crippen molar-refractivity contribution in [3.8, 4) is 0 Å². The number of ether oxygens (including phenoxy) is 2. The Morgan fingerprint density at radius 3 is 0.676 bits per heavy atom. The minimum atomic E-state index is -0.955. The topological polar surface area (TPSA) is 93.1 Å². The van der Waals surface area contributed by atoms with Crippen molar-refractivity contribution in [2.24, 2.45) is 0 Å². The van der Waals surface area contributed by atoms with Gasteiger partial charge in [-0.2, -0.15) is 0 Å². The molecule has 6 nitrogen and oxygen atoms in total. The van der Waals surface area contributed by atoms with Crippen molar-refractivity contribution in [3.63, 3.8) is 0 Å². The lowest BCUT2D eigenvalue weighted by Crippen LogP contribution is -2.21. The Kier molecular flexibility index (Phi) is 67.8. The Hall–Kier alpha value is -1.14. The van der Waals surface area contributed by atoms with Crippen LogP contribution in [0, 0.1) is 0 Å². The van der Waals surface area contributed by atoms with Crippen LogP contribution in [0.15, 0.2) is 0 Å². The molecule has 0 aromatic carbocycles. The molecule has 426 valence electrons. The molecular weight excluding hydrogens is 877 g/mol. The largest absolute Gasteiger partial charge is 0.466 e. The van der Waals surface area contributed by atoms with E-state index >= 15 is 0 Å². The fourth-order valence-corrected chi connectivity index (χ4v) is 9.92. The average Bonchev–Trinajstić information content (AvgIpc) is 3.38. The molecule has 2 N–H and O–H groups in total. The maximum atomic E-state index is 12.0. The van der Waals surface area contributed by atoms with Crippen LogP contribution in [-0.2, 0) is 19.1 Å². The summed E-state index contributed by atoms with van der Waals surface area (Å²) in [4.78, 5) is 23.4. The van der Waals surface area contributed by atoms with Gasteiger partial charge >= 0.3 is 11.9 Å². The van der Waals surface area contributed by atoms with Crippen LogP contribution in [0.5, 0.6) is 0 Å². The highest BCUT2D eigenvalue weighted by atomic mass is 16.5. The Balaban J connectivity index is 0. The van der Waals surface area contributed by atoms with Crippen LogP contribution in [0.3, 0.4) is 0 Å². The summed E-state index contributed by atoms with van der Waals surface area (Å²) >= 11 is 0. The zero-order chi connectivity index (χ0) is 51.9. The van der Waals surface area contributed by atoms with E-state index in [1.54, 1.807) is 0 Å². The Labute approximate surface area is 445 Å². The standard InChI is InChI=1S/C40H80O2.C25H50O4/c1-3-5-7-9-11-13-15-17-19-21-22-23-24-26-28-30-32-34-36-38-40(41)42-39-37-35-33-31-29-27-25-20-18-16-14-12-10-8-6-4-2;1-2-3-4-5-6-7-8-9-10-11-12-13-14-15-16-17-18-19-20-21-25(28)29-23-24(27)22-26/h3-39H2,1-2H3;24,26-27H,2-23H2,1H3. The zero-order valence-corrected chi connectivity index (χ0v) is 48.8. The maximum Gasteiger partial charge on any atom is 0.305 e. The smallest absolute Gasteiger partial charge is 0.305 e. The maximum absolute atomic E-state index is 12.0. The number of hydrogen-bond acceptors (Lipinski definition) is 6.